The highest BCUT2D eigenvalue weighted by Crippen LogP contribution is 1.99. The quantitative estimate of drug-likeness (QED) is 0.213. The molecule has 0 heterocycles. The molecule has 0 aromatic rings. The summed E-state index contributed by atoms with van der Waals surface area (Å²) in [6.45, 7) is 2.19. The van der Waals surface area contributed by atoms with Crippen LogP contribution in [0, 0.1) is 5.41 Å². The molecule has 0 aliphatic carbocycles. The first kappa shape index (κ1) is 15.2. The summed E-state index contributed by atoms with van der Waals surface area (Å²) in [6, 6.07) is -0.623. The van der Waals surface area contributed by atoms with E-state index in [1.807, 2.05) is 0 Å². The Bertz CT molecular complexity index is 280. The summed E-state index contributed by atoms with van der Waals surface area (Å²) in [4.78, 5) is 22.0. The second-order valence-corrected chi connectivity index (χ2v) is 3.84. The number of rotatable bonds is 8. The number of guanidine groups is 1. The molecule has 1 atom stereocenters. The van der Waals surface area contributed by atoms with E-state index < -0.39 is 11.9 Å². The van der Waals surface area contributed by atoms with Crippen molar-refractivity contribution in [3.05, 3.63) is 0 Å². The first-order valence-corrected chi connectivity index (χ1v) is 5.60. The molecule has 7 N–H and O–H groups in total. The number of carbonyl (C=O) groups excluding carboxylic acids is 2. The van der Waals surface area contributed by atoms with E-state index in [9.17, 15) is 9.59 Å². The van der Waals surface area contributed by atoms with Crippen LogP contribution in [-0.2, 0) is 9.59 Å². The van der Waals surface area contributed by atoms with Gasteiger partial charge in [-0.1, -0.05) is 6.42 Å². The molecule has 0 spiro atoms. The number of hydrogen-bond donors (Lipinski definition) is 5. The van der Waals surface area contributed by atoms with Crippen molar-refractivity contribution >= 4 is 17.8 Å². The lowest BCUT2D eigenvalue weighted by Crippen LogP contribution is -2.42. The van der Waals surface area contributed by atoms with Crippen LogP contribution in [0.15, 0.2) is 0 Å². The maximum atomic E-state index is 11.3. The van der Waals surface area contributed by atoms with Gasteiger partial charge in [-0.05, 0) is 19.8 Å². The topological polar surface area (TPSA) is 134 Å². The number of carbonyl (C=O) groups is 2. The molecule has 2 amide bonds. The van der Waals surface area contributed by atoms with Crippen molar-refractivity contribution in [2.45, 2.75) is 38.6 Å². The second-order valence-electron chi connectivity index (χ2n) is 3.84. The number of primary amides is 1. The average molecular weight is 243 g/mol. The lowest BCUT2D eigenvalue weighted by Gasteiger charge is -2.09. The molecular formula is C10H21N5O2. The Hall–Kier alpha value is -1.79. The summed E-state index contributed by atoms with van der Waals surface area (Å²) in [5.74, 6) is -0.752. The number of nitrogens with two attached hydrogens (primary N) is 2. The Labute approximate surface area is 101 Å². The van der Waals surface area contributed by atoms with E-state index in [1.54, 1.807) is 6.92 Å². The third-order valence-electron chi connectivity index (χ3n) is 2.20. The SMILES string of the molecule is C[C@@H](NC(=O)CCCCCNC(=N)N)C(N)=O. The normalized spacial score (nSPS) is 11.6. The van der Waals surface area contributed by atoms with E-state index in [2.05, 4.69) is 10.6 Å². The van der Waals surface area contributed by atoms with E-state index in [0.29, 0.717) is 13.0 Å². The summed E-state index contributed by atoms with van der Waals surface area (Å²) in [7, 11) is 0. The predicted molar refractivity (Wildman–Crippen MR) is 65.2 cm³/mol. The monoisotopic (exact) mass is 243 g/mol. The first-order valence-electron chi connectivity index (χ1n) is 5.60. The van der Waals surface area contributed by atoms with E-state index in [0.717, 1.165) is 19.3 Å². The minimum Gasteiger partial charge on any atom is -0.370 e. The van der Waals surface area contributed by atoms with Gasteiger partial charge in [0, 0.05) is 13.0 Å². The maximum Gasteiger partial charge on any atom is 0.239 e. The van der Waals surface area contributed by atoms with E-state index in [4.69, 9.17) is 16.9 Å². The zero-order valence-corrected chi connectivity index (χ0v) is 10.1. The summed E-state index contributed by atoms with van der Waals surface area (Å²) in [5, 5.41) is 12.1. The molecule has 98 valence electrons. The Morgan fingerprint density at radius 2 is 1.88 bits per heavy atom. The van der Waals surface area contributed by atoms with Crippen LogP contribution in [0.25, 0.3) is 0 Å². The fourth-order valence-corrected chi connectivity index (χ4v) is 1.20. The van der Waals surface area contributed by atoms with E-state index in [1.165, 1.54) is 0 Å². The second kappa shape index (κ2) is 8.37. The molecule has 0 aromatic heterocycles. The van der Waals surface area contributed by atoms with E-state index >= 15 is 0 Å². The average Bonchev–Trinajstić information content (AvgIpc) is 2.22. The molecule has 0 aliphatic heterocycles. The van der Waals surface area contributed by atoms with Crippen molar-refractivity contribution < 1.29 is 9.59 Å². The maximum absolute atomic E-state index is 11.3. The van der Waals surface area contributed by atoms with Crippen LogP contribution in [0.1, 0.15) is 32.6 Å². The van der Waals surface area contributed by atoms with Crippen molar-refractivity contribution in [1.29, 1.82) is 5.41 Å². The molecule has 0 radical (unpaired) electrons. The largest absolute Gasteiger partial charge is 0.370 e. The minimum absolute atomic E-state index is 0.0435. The standard InChI is InChI=1S/C10H21N5O2/c1-7(9(11)17)15-8(16)5-3-2-4-6-14-10(12)13/h7H,2-6H2,1H3,(H2,11,17)(H,15,16)(H4,12,13,14)/t7-/m1/s1. The zero-order valence-electron chi connectivity index (χ0n) is 10.1. The number of hydrogen-bond acceptors (Lipinski definition) is 3. The highest BCUT2D eigenvalue weighted by molar-refractivity contribution is 5.86. The van der Waals surface area contributed by atoms with Crippen LogP contribution in [0.2, 0.25) is 0 Å². The van der Waals surface area contributed by atoms with Gasteiger partial charge in [0.2, 0.25) is 11.8 Å². The van der Waals surface area contributed by atoms with Crippen molar-refractivity contribution in [2.75, 3.05) is 6.54 Å². The lowest BCUT2D eigenvalue weighted by atomic mass is 10.2. The third kappa shape index (κ3) is 9.16. The molecule has 0 bridgehead atoms. The molecule has 7 heteroatoms. The van der Waals surface area contributed by atoms with Crippen molar-refractivity contribution in [2.24, 2.45) is 11.5 Å². The summed E-state index contributed by atoms with van der Waals surface area (Å²) in [5.41, 5.74) is 10.1. The highest BCUT2D eigenvalue weighted by atomic mass is 16.2. The van der Waals surface area contributed by atoms with Gasteiger partial charge in [0.1, 0.15) is 6.04 Å². The van der Waals surface area contributed by atoms with Gasteiger partial charge in [-0.2, -0.15) is 0 Å². The van der Waals surface area contributed by atoms with Gasteiger partial charge in [0.15, 0.2) is 5.96 Å². The van der Waals surface area contributed by atoms with Gasteiger partial charge in [-0.15, -0.1) is 0 Å². The van der Waals surface area contributed by atoms with Gasteiger partial charge in [0.05, 0.1) is 0 Å². The van der Waals surface area contributed by atoms with Gasteiger partial charge in [-0.3, -0.25) is 15.0 Å². The van der Waals surface area contributed by atoms with E-state index in [-0.39, 0.29) is 11.9 Å². The van der Waals surface area contributed by atoms with Gasteiger partial charge in [-0.25, -0.2) is 0 Å². The number of unbranched alkanes of at least 4 members (excludes halogenated alkanes) is 2. The molecule has 0 aliphatic rings. The van der Waals surface area contributed by atoms with Crippen LogP contribution in [-0.4, -0.2) is 30.4 Å². The van der Waals surface area contributed by atoms with Gasteiger partial charge >= 0.3 is 0 Å². The minimum atomic E-state index is -0.623. The molecule has 0 saturated carbocycles. The van der Waals surface area contributed by atoms with Gasteiger partial charge < -0.3 is 22.1 Å². The summed E-state index contributed by atoms with van der Waals surface area (Å²) in [6.07, 6.45) is 2.81. The number of nitrogens with one attached hydrogen (secondary N) is 3. The lowest BCUT2D eigenvalue weighted by molar-refractivity contribution is -0.127. The van der Waals surface area contributed by atoms with Crippen LogP contribution < -0.4 is 22.1 Å². The molecule has 0 saturated heterocycles. The van der Waals surface area contributed by atoms with Crippen molar-refractivity contribution in [3.63, 3.8) is 0 Å². The van der Waals surface area contributed by atoms with Gasteiger partial charge in [0.25, 0.3) is 0 Å². The van der Waals surface area contributed by atoms with Crippen LogP contribution in [0.5, 0.6) is 0 Å². The predicted octanol–water partition coefficient (Wildman–Crippen LogP) is -0.980. The zero-order chi connectivity index (χ0) is 13.3. The summed E-state index contributed by atoms with van der Waals surface area (Å²) >= 11 is 0. The molecule has 0 aromatic carbocycles. The van der Waals surface area contributed by atoms with Crippen molar-refractivity contribution in [3.8, 4) is 0 Å². The van der Waals surface area contributed by atoms with Crippen LogP contribution >= 0.6 is 0 Å². The molecule has 0 unspecified atom stereocenters. The highest BCUT2D eigenvalue weighted by Gasteiger charge is 2.11. The summed E-state index contributed by atoms with van der Waals surface area (Å²) < 4.78 is 0. The molecule has 0 rings (SSSR count). The molecule has 0 fully saturated rings. The Balaban J connectivity index is 3.45. The molecule has 7 nitrogen and oxygen atoms in total. The smallest absolute Gasteiger partial charge is 0.239 e. The Morgan fingerprint density at radius 1 is 1.24 bits per heavy atom. The fraction of sp³-hybridized carbons (Fsp3) is 0.700. The van der Waals surface area contributed by atoms with Crippen LogP contribution in [0.4, 0.5) is 0 Å². The van der Waals surface area contributed by atoms with Crippen molar-refractivity contribution in [1.82, 2.24) is 10.6 Å². The third-order valence-corrected chi connectivity index (χ3v) is 2.20. The molecular weight excluding hydrogens is 222 g/mol. The fourth-order valence-electron chi connectivity index (χ4n) is 1.20. The van der Waals surface area contributed by atoms with Crippen LogP contribution in [0.3, 0.4) is 0 Å². The molecule has 17 heavy (non-hydrogen) atoms. The number of amides is 2. The Kier molecular flexibility index (Phi) is 7.49. The first-order chi connectivity index (χ1) is 7.93. The Morgan fingerprint density at radius 3 is 2.41 bits per heavy atom.